The molecule has 0 fully saturated rings. The van der Waals surface area contributed by atoms with Crippen molar-refractivity contribution in [2.24, 2.45) is 0 Å². The summed E-state index contributed by atoms with van der Waals surface area (Å²) in [7, 11) is -4.04. The number of nitro groups is 1. The largest absolute Gasteiger partial charge is 0.354 e. The lowest BCUT2D eigenvalue weighted by molar-refractivity contribution is -0.384. The van der Waals surface area contributed by atoms with Gasteiger partial charge in [-0.1, -0.05) is 37.6 Å². The van der Waals surface area contributed by atoms with Crippen molar-refractivity contribution in [2.75, 3.05) is 23.7 Å². The van der Waals surface area contributed by atoms with Crippen LogP contribution in [0.4, 0.5) is 15.8 Å². The summed E-state index contributed by atoms with van der Waals surface area (Å²) in [6, 6.07) is 9.57. The van der Waals surface area contributed by atoms with Gasteiger partial charge in [-0.2, -0.15) is 0 Å². The number of rotatable bonds is 12. The minimum Gasteiger partial charge on any atom is -0.354 e. The Hall–Kier alpha value is -3.54. The average Bonchev–Trinajstić information content (AvgIpc) is 2.80. The number of nitrogens with one attached hydrogen (secondary N) is 1. The summed E-state index contributed by atoms with van der Waals surface area (Å²) >= 11 is 0. The first-order valence-corrected chi connectivity index (χ1v) is 12.8. The van der Waals surface area contributed by atoms with Crippen molar-refractivity contribution < 1.29 is 27.3 Å². The zero-order chi connectivity index (χ0) is 26.2. The first-order chi connectivity index (χ1) is 16.5. The molecular formula is C23H29FN4O6S. The monoisotopic (exact) mass is 508 g/mol. The zero-order valence-corrected chi connectivity index (χ0v) is 20.6. The summed E-state index contributed by atoms with van der Waals surface area (Å²) in [5, 5.41) is 13.9. The van der Waals surface area contributed by atoms with Crippen LogP contribution in [-0.2, 0) is 26.2 Å². The predicted molar refractivity (Wildman–Crippen MR) is 130 cm³/mol. The quantitative estimate of drug-likeness (QED) is 0.267. The van der Waals surface area contributed by atoms with Crippen molar-refractivity contribution in [1.29, 1.82) is 0 Å². The van der Waals surface area contributed by atoms with E-state index in [1.54, 1.807) is 6.07 Å². The molecular weight excluding hydrogens is 479 g/mol. The summed E-state index contributed by atoms with van der Waals surface area (Å²) in [5.74, 6) is -1.82. The number of benzene rings is 2. The molecule has 0 saturated carbocycles. The average molecular weight is 509 g/mol. The van der Waals surface area contributed by atoms with Gasteiger partial charge in [0.1, 0.15) is 18.4 Å². The van der Waals surface area contributed by atoms with Gasteiger partial charge in [0.05, 0.1) is 16.9 Å². The lowest BCUT2D eigenvalue weighted by Gasteiger charge is -2.31. The van der Waals surface area contributed by atoms with Crippen molar-refractivity contribution in [3.05, 3.63) is 70.0 Å². The fourth-order valence-electron chi connectivity index (χ4n) is 3.30. The van der Waals surface area contributed by atoms with E-state index in [-0.39, 0.29) is 23.5 Å². The molecule has 0 bridgehead atoms. The van der Waals surface area contributed by atoms with E-state index >= 15 is 0 Å². The zero-order valence-electron chi connectivity index (χ0n) is 19.8. The fraction of sp³-hybridized carbons (Fsp3) is 0.391. The van der Waals surface area contributed by atoms with Gasteiger partial charge in [0, 0.05) is 30.8 Å². The van der Waals surface area contributed by atoms with Crippen LogP contribution in [0, 0.1) is 15.9 Å². The van der Waals surface area contributed by atoms with Crippen LogP contribution in [0.3, 0.4) is 0 Å². The fourth-order valence-corrected chi connectivity index (χ4v) is 4.15. The highest BCUT2D eigenvalue weighted by Crippen LogP contribution is 2.24. The number of hydrogen-bond donors (Lipinski definition) is 1. The Morgan fingerprint density at radius 3 is 2.46 bits per heavy atom. The molecule has 0 heterocycles. The van der Waals surface area contributed by atoms with E-state index in [1.807, 2.05) is 6.92 Å². The van der Waals surface area contributed by atoms with Crippen molar-refractivity contribution in [3.63, 3.8) is 0 Å². The molecule has 12 heteroatoms. The van der Waals surface area contributed by atoms with Gasteiger partial charge in [-0.15, -0.1) is 0 Å². The molecule has 2 aromatic carbocycles. The van der Waals surface area contributed by atoms with E-state index in [2.05, 4.69) is 5.32 Å². The Kier molecular flexibility index (Phi) is 9.69. The Bertz CT molecular complexity index is 1170. The third kappa shape index (κ3) is 7.74. The second-order valence-corrected chi connectivity index (χ2v) is 9.89. The van der Waals surface area contributed by atoms with Crippen molar-refractivity contribution >= 4 is 33.2 Å². The Morgan fingerprint density at radius 2 is 1.86 bits per heavy atom. The highest BCUT2D eigenvalue weighted by molar-refractivity contribution is 7.92. The second kappa shape index (κ2) is 12.2. The molecule has 0 aliphatic carbocycles. The van der Waals surface area contributed by atoms with E-state index in [1.165, 1.54) is 43.3 Å². The number of halogens is 1. The van der Waals surface area contributed by atoms with E-state index < -0.39 is 45.2 Å². The molecule has 0 aliphatic heterocycles. The molecule has 190 valence electrons. The maximum absolute atomic E-state index is 14.4. The number of amides is 2. The van der Waals surface area contributed by atoms with Crippen LogP contribution < -0.4 is 9.62 Å². The Balaban J connectivity index is 2.40. The molecule has 0 aromatic heterocycles. The lowest BCUT2D eigenvalue weighted by atomic mass is 10.1. The number of hydrogen-bond acceptors (Lipinski definition) is 6. The number of anilines is 1. The minimum atomic E-state index is -4.04. The van der Waals surface area contributed by atoms with Crippen molar-refractivity contribution in [2.45, 2.75) is 39.3 Å². The van der Waals surface area contributed by atoms with Gasteiger partial charge in [0.2, 0.25) is 21.8 Å². The third-order valence-corrected chi connectivity index (χ3v) is 6.44. The number of nitro benzene ring substituents is 1. The molecule has 2 rings (SSSR count). The third-order valence-electron chi connectivity index (χ3n) is 5.30. The molecule has 2 amide bonds. The molecule has 1 N–H and O–H groups in total. The standard InChI is InChI=1S/C23H29FN4O6S/c1-4-5-13-25-23(30)17(2)26(15-18-9-6-7-12-21(18)24)22(29)16-27(35(3,33)34)19-10-8-11-20(14-19)28(31)32/h6-12,14,17H,4-5,13,15-16H2,1-3H3,(H,25,30)/t17-/m0/s1. The second-order valence-electron chi connectivity index (χ2n) is 7.98. The lowest BCUT2D eigenvalue weighted by Crippen LogP contribution is -2.51. The molecule has 0 aliphatic rings. The predicted octanol–water partition coefficient (Wildman–Crippen LogP) is 2.83. The highest BCUT2D eigenvalue weighted by atomic mass is 32.2. The van der Waals surface area contributed by atoms with Gasteiger partial charge in [-0.3, -0.25) is 24.0 Å². The van der Waals surface area contributed by atoms with E-state index in [0.29, 0.717) is 6.54 Å². The first-order valence-electron chi connectivity index (χ1n) is 11.0. The summed E-state index contributed by atoms with van der Waals surface area (Å²) in [6.07, 6.45) is 2.44. The number of carbonyl (C=O) groups is 2. The minimum absolute atomic E-state index is 0.0825. The Labute approximate surface area is 203 Å². The van der Waals surface area contributed by atoms with Crippen LogP contribution >= 0.6 is 0 Å². The number of unbranched alkanes of at least 4 members (excludes halogenated alkanes) is 1. The SMILES string of the molecule is CCCCNC(=O)[C@H](C)N(Cc1ccccc1F)C(=O)CN(c1cccc([N+](=O)[O-])c1)S(C)(=O)=O. The number of nitrogens with zero attached hydrogens (tertiary/aromatic N) is 3. The highest BCUT2D eigenvalue weighted by Gasteiger charge is 2.31. The smallest absolute Gasteiger partial charge is 0.271 e. The number of sulfonamides is 1. The van der Waals surface area contributed by atoms with E-state index in [9.17, 15) is 32.5 Å². The summed E-state index contributed by atoms with van der Waals surface area (Å²) in [6.45, 7) is 2.81. The molecule has 1 atom stereocenters. The maximum atomic E-state index is 14.4. The van der Waals surface area contributed by atoms with Gasteiger partial charge < -0.3 is 10.2 Å². The van der Waals surface area contributed by atoms with Crippen molar-refractivity contribution in [3.8, 4) is 0 Å². The van der Waals surface area contributed by atoms with Gasteiger partial charge >= 0.3 is 0 Å². The van der Waals surface area contributed by atoms with Gasteiger partial charge in [-0.25, -0.2) is 12.8 Å². The number of non-ortho nitro benzene ring substituents is 1. The van der Waals surface area contributed by atoms with Crippen LogP contribution in [0.1, 0.15) is 32.3 Å². The van der Waals surface area contributed by atoms with Gasteiger partial charge in [-0.05, 0) is 25.5 Å². The number of carbonyl (C=O) groups excluding carboxylic acids is 2. The molecule has 0 unspecified atom stereocenters. The van der Waals surface area contributed by atoms with Crippen molar-refractivity contribution in [1.82, 2.24) is 10.2 Å². The van der Waals surface area contributed by atoms with E-state index in [4.69, 9.17) is 0 Å². The van der Waals surface area contributed by atoms with Crippen LogP contribution in [0.5, 0.6) is 0 Å². The topological polar surface area (TPSA) is 130 Å². The normalized spacial score (nSPS) is 12.0. The van der Waals surface area contributed by atoms with Crippen LogP contribution in [0.15, 0.2) is 48.5 Å². The summed E-state index contributed by atoms with van der Waals surface area (Å²) in [5.41, 5.74) is -0.285. The first kappa shape index (κ1) is 27.7. The van der Waals surface area contributed by atoms with Gasteiger partial charge in [0.25, 0.3) is 5.69 Å². The molecule has 2 aromatic rings. The maximum Gasteiger partial charge on any atom is 0.271 e. The molecule has 0 spiro atoms. The molecule has 10 nitrogen and oxygen atoms in total. The van der Waals surface area contributed by atoms with Crippen LogP contribution in [0.25, 0.3) is 0 Å². The molecule has 0 saturated heterocycles. The summed E-state index contributed by atoms with van der Waals surface area (Å²) in [4.78, 5) is 37.6. The van der Waals surface area contributed by atoms with Crippen LogP contribution in [-0.4, -0.2) is 55.4 Å². The van der Waals surface area contributed by atoms with Crippen LogP contribution in [0.2, 0.25) is 0 Å². The molecule has 0 radical (unpaired) electrons. The molecule has 35 heavy (non-hydrogen) atoms. The Morgan fingerprint density at radius 1 is 1.17 bits per heavy atom. The summed E-state index contributed by atoms with van der Waals surface area (Å²) < 4.78 is 40.1. The van der Waals surface area contributed by atoms with Gasteiger partial charge in [0.15, 0.2) is 0 Å². The van der Waals surface area contributed by atoms with E-state index in [0.717, 1.165) is 34.4 Å².